The fourth-order valence-electron chi connectivity index (χ4n) is 2.57. The molecule has 21 heavy (non-hydrogen) atoms. The first-order valence-corrected chi connectivity index (χ1v) is 11.5. The van der Waals surface area contributed by atoms with Gasteiger partial charge < -0.3 is 5.32 Å². The largest absolute Gasteiger partial charge is 0.369 e. The van der Waals surface area contributed by atoms with E-state index in [4.69, 9.17) is 11.6 Å². The fraction of sp³-hybridized carbons (Fsp3) is 0.556. The Kier molecular flexibility index (Phi) is 4.60. The van der Waals surface area contributed by atoms with Gasteiger partial charge in [-0.05, 0) is 28.0 Å². The van der Waals surface area contributed by atoms with Gasteiger partial charge in [0.05, 0.1) is 8.07 Å². The van der Waals surface area contributed by atoms with Crippen LogP contribution >= 0.6 is 11.6 Å². The van der Waals surface area contributed by atoms with Crippen LogP contribution in [0.25, 0.3) is 12.3 Å². The van der Waals surface area contributed by atoms with Gasteiger partial charge in [-0.2, -0.15) is 0 Å². The summed E-state index contributed by atoms with van der Waals surface area (Å²) in [6.07, 6.45) is 6.38. The molecule has 1 aromatic carbocycles. The lowest BCUT2D eigenvalue weighted by Gasteiger charge is -2.38. The summed E-state index contributed by atoms with van der Waals surface area (Å²) in [6.45, 7) is 12.1. The summed E-state index contributed by atoms with van der Waals surface area (Å²) in [5.74, 6) is 0. The second-order valence-electron chi connectivity index (χ2n) is 7.91. The number of fused-ring (bicyclic) bond motifs is 1. The third-order valence-corrected chi connectivity index (χ3v) is 11.3. The van der Waals surface area contributed by atoms with Crippen molar-refractivity contribution in [1.29, 1.82) is 0 Å². The van der Waals surface area contributed by atoms with Crippen molar-refractivity contribution >= 4 is 32.0 Å². The standard InChI is InChI=1S/C18H28ClNSi/c1-17(2,3)21(4,5)12-8-11-18(19)13-15-9-6-7-10-16(15)14-20-18/h6-7,9-10,13-14,20H,8,11-12H2,1-5H3. The highest BCUT2D eigenvalue weighted by Crippen LogP contribution is 2.40. The highest BCUT2D eigenvalue weighted by Gasteiger charge is 2.35. The molecular formula is C18H28ClNSi. The van der Waals surface area contributed by atoms with E-state index in [-0.39, 0.29) is 0 Å². The zero-order valence-electron chi connectivity index (χ0n) is 14.0. The third kappa shape index (κ3) is 3.92. The average Bonchev–Trinajstić information content (AvgIpc) is 2.36. The van der Waals surface area contributed by atoms with Gasteiger partial charge >= 0.3 is 0 Å². The van der Waals surface area contributed by atoms with Gasteiger partial charge in [0.15, 0.2) is 0 Å². The van der Waals surface area contributed by atoms with Crippen LogP contribution in [0.1, 0.15) is 33.6 Å². The summed E-state index contributed by atoms with van der Waals surface area (Å²) in [6, 6.07) is 9.70. The van der Waals surface area contributed by atoms with Crippen LogP contribution in [0, 0.1) is 0 Å². The molecule has 0 spiro atoms. The van der Waals surface area contributed by atoms with Crippen molar-refractivity contribution in [2.75, 3.05) is 0 Å². The van der Waals surface area contributed by atoms with Crippen LogP contribution in [0.2, 0.25) is 24.2 Å². The Balaban J connectivity index is 2.03. The molecule has 0 aliphatic carbocycles. The van der Waals surface area contributed by atoms with Crippen molar-refractivity contribution in [3.63, 3.8) is 0 Å². The molecule has 0 fully saturated rings. The minimum Gasteiger partial charge on any atom is -0.369 e. The number of alkyl halides is 1. The predicted octanol–water partition coefficient (Wildman–Crippen LogP) is 4.03. The molecule has 1 unspecified atom stereocenters. The Morgan fingerprint density at radius 1 is 1.14 bits per heavy atom. The molecule has 116 valence electrons. The van der Waals surface area contributed by atoms with E-state index < -0.39 is 13.1 Å². The number of nitrogens with one attached hydrogen (secondary N) is 1. The summed E-state index contributed by atoms with van der Waals surface area (Å²) in [5.41, 5.74) is 0. The van der Waals surface area contributed by atoms with Crippen LogP contribution in [0.15, 0.2) is 24.3 Å². The smallest absolute Gasteiger partial charge is 0.131 e. The Bertz CT molecular complexity index is 615. The molecule has 0 saturated heterocycles. The van der Waals surface area contributed by atoms with Crippen molar-refractivity contribution in [1.82, 2.24) is 5.32 Å². The molecule has 0 radical (unpaired) electrons. The quantitative estimate of drug-likeness (QED) is 0.501. The molecule has 1 atom stereocenters. The molecular weight excluding hydrogens is 294 g/mol. The minimum atomic E-state index is -1.20. The molecule has 1 aliphatic heterocycles. The van der Waals surface area contributed by atoms with Gasteiger partial charge in [0.1, 0.15) is 5.00 Å². The number of hydrogen-bond acceptors (Lipinski definition) is 1. The second kappa shape index (κ2) is 5.81. The Morgan fingerprint density at radius 3 is 2.38 bits per heavy atom. The maximum atomic E-state index is 6.76. The summed E-state index contributed by atoms with van der Waals surface area (Å²) in [5, 5.41) is 6.29. The molecule has 0 saturated carbocycles. The van der Waals surface area contributed by atoms with Gasteiger partial charge in [0.2, 0.25) is 0 Å². The van der Waals surface area contributed by atoms with E-state index in [1.54, 1.807) is 0 Å². The van der Waals surface area contributed by atoms with Crippen LogP contribution in [0.5, 0.6) is 0 Å². The van der Waals surface area contributed by atoms with E-state index in [0.717, 1.165) is 6.42 Å². The Morgan fingerprint density at radius 2 is 1.76 bits per heavy atom. The van der Waals surface area contributed by atoms with E-state index in [9.17, 15) is 0 Å². The summed E-state index contributed by atoms with van der Waals surface area (Å²) < 4.78 is 0. The maximum Gasteiger partial charge on any atom is 0.131 e. The molecule has 1 nitrogen and oxygen atoms in total. The van der Waals surface area contributed by atoms with E-state index in [2.05, 4.69) is 75.7 Å². The Labute approximate surface area is 135 Å². The normalized spacial score (nSPS) is 21.8. The van der Waals surface area contributed by atoms with Crippen LogP contribution in [0.3, 0.4) is 0 Å². The van der Waals surface area contributed by atoms with Gasteiger partial charge in [0.25, 0.3) is 0 Å². The molecule has 0 aromatic heterocycles. The molecule has 1 N–H and O–H groups in total. The fourth-order valence-corrected chi connectivity index (χ4v) is 4.68. The molecule has 0 bridgehead atoms. The maximum absolute atomic E-state index is 6.76. The topological polar surface area (TPSA) is 12.0 Å². The highest BCUT2D eigenvalue weighted by molar-refractivity contribution is 6.80. The van der Waals surface area contributed by atoms with E-state index >= 15 is 0 Å². The monoisotopic (exact) mass is 321 g/mol. The molecule has 1 aromatic rings. The molecule has 3 heteroatoms. The summed E-state index contributed by atoms with van der Waals surface area (Å²) in [7, 11) is -1.20. The van der Waals surface area contributed by atoms with Crippen molar-refractivity contribution in [3.05, 3.63) is 34.7 Å². The molecule has 0 amide bonds. The summed E-state index contributed by atoms with van der Waals surface area (Å²) in [4.78, 5) is -0.420. The van der Waals surface area contributed by atoms with E-state index in [1.165, 1.54) is 22.9 Å². The van der Waals surface area contributed by atoms with Crippen LogP contribution in [-0.4, -0.2) is 13.1 Å². The van der Waals surface area contributed by atoms with Crippen molar-refractivity contribution in [2.24, 2.45) is 0 Å². The summed E-state index contributed by atoms with van der Waals surface area (Å²) >= 11 is 6.76. The van der Waals surface area contributed by atoms with Crippen molar-refractivity contribution < 1.29 is 0 Å². The van der Waals surface area contributed by atoms with E-state index in [0.29, 0.717) is 5.04 Å². The number of benzene rings is 1. The van der Waals surface area contributed by atoms with Crippen LogP contribution in [0.4, 0.5) is 0 Å². The van der Waals surface area contributed by atoms with Crippen molar-refractivity contribution in [3.8, 4) is 0 Å². The SMILES string of the molecule is CC(C)(C)[Si](C)(C)CCCC1(Cl)C=c2ccccc2=CN1. The predicted molar refractivity (Wildman–Crippen MR) is 97.6 cm³/mol. The first kappa shape index (κ1) is 16.6. The van der Waals surface area contributed by atoms with E-state index in [1.807, 2.05) is 0 Å². The van der Waals surface area contributed by atoms with Gasteiger partial charge in [-0.15, -0.1) is 0 Å². The van der Waals surface area contributed by atoms with Gasteiger partial charge in [0, 0.05) is 6.20 Å². The van der Waals surface area contributed by atoms with Crippen LogP contribution in [-0.2, 0) is 0 Å². The van der Waals surface area contributed by atoms with Gasteiger partial charge in [-0.25, -0.2) is 0 Å². The number of halogens is 1. The highest BCUT2D eigenvalue weighted by atomic mass is 35.5. The molecule has 2 rings (SSSR count). The third-order valence-electron chi connectivity index (χ3n) is 5.22. The zero-order chi connectivity index (χ0) is 15.7. The molecule has 1 heterocycles. The first-order valence-electron chi connectivity index (χ1n) is 7.88. The second-order valence-corrected chi connectivity index (χ2v) is 14.4. The average molecular weight is 322 g/mol. The Hall–Kier alpha value is -0.733. The minimum absolute atomic E-state index is 0.420. The first-order chi connectivity index (χ1) is 9.63. The lowest BCUT2D eigenvalue weighted by atomic mass is 10.1. The number of hydrogen-bond donors (Lipinski definition) is 1. The number of rotatable bonds is 4. The lowest BCUT2D eigenvalue weighted by molar-refractivity contribution is 0.594. The molecule has 1 aliphatic rings. The zero-order valence-corrected chi connectivity index (χ0v) is 15.7. The lowest BCUT2D eigenvalue weighted by Crippen LogP contribution is -2.45. The van der Waals surface area contributed by atoms with Gasteiger partial charge in [-0.1, -0.05) is 82.2 Å². The van der Waals surface area contributed by atoms with Crippen LogP contribution < -0.4 is 15.8 Å². The van der Waals surface area contributed by atoms with Crippen molar-refractivity contribution in [2.45, 2.75) is 62.8 Å². The van der Waals surface area contributed by atoms with Gasteiger partial charge in [-0.3, -0.25) is 0 Å².